The summed E-state index contributed by atoms with van der Waals surface area (Å²) in [5.74, 6) is 3.69. The van der Waals surface area contributed by atoms with E-state index in [1.54, 1.807) is 0 Å². The summed E-state index contributed by atoms with van der Waals surface area (Å²) in [5, 5.41) is 0. The number of carbonyl (C=O) groups excluding carboxylic acids is 1. The Morgan fingerprint density at radius 3 is 2.31 bits per heavy atom. The molecule has 0 saturated carbocycles. The van der Waals surface area contributed by atoms with Crippen LogP contribution in [0.2, 0.25) is 0 Å². The zero-order valence-electron chi connectivity index (χ0n) is 24.0. The van der Waals surface area contributed by atoms with E-state index >= 15 is 0 Å². The largest absolute Gasteiger partial charge is 0.457 e. The Hall–Kier alpha value is -3.39. The number of hydrogen-bond acceptors (Lipinski definition) is 2. The third-order valence-electron chi connectivity index (χ3n) is 8.99. The van der Waals surface area contributed by atoms with Gasteiger partial charge >= 0.3 is 0 Å². The van der Waals surface area contributed by atoms with E-state index in [4.69, 9.17) is 4.74 Å². The molecular formula is C37H42O2. The van der Waals surface area contributed by atoms with Gasteiger partial charge in [-0.25, -0.2) is 0 Å². The molecule has 0 spiro atoms. The average molecular weight is 519 g/mol. The van der Waals surface area contributed by atoms with E-state index in [0.717, 1.165) is 42.6 Å². The van der Waals surface area contributed by atoms with Crippen molar-refractivity contribution >= 4 is 11.5 Å². The molecule has 202 valence electrons. The van der Waals surface area contributed by atoms with Gasteiger partial charge in [0.15, 0.2) is 5.78 Å². The van der Waals surface area contributed by atoms with E-state index in [9.17, 15) is 4.79 Å². The highest BCUT2D eigenvalue weighted by Gasteiger charge is 2.42. The second-order valence-corrected chi connectivity index (χ2v) is 12.0. The first-order chi connectivity index (χ1) is 18.8. The number of rotatable bonds is 9. The number of hydrogen-bond donors (Lipinski definition) is 0. The second kappa shape index (κ2) is 11.8. The van der Waals surface area contributed by atoms with Crippen molar-refractivity contribution in [1.29, 1.82) is 0 Å². The number of ketones is 1. The second-order valence-electron chi connectivity index (χ2n) is 12.0. The van der Waals surface area contributed by atoms with Gasteiger partial charge in [0.25, 0.3) is 0 Å². The Morgan fingerprint density at radius 1 is 0.974 bits per heavy atom. The van der Waals surface area contributed by atoms with E-state index in [1.165, 1.54) is 34.2 Å². The van der Waals surface area contributed by atoms with Crippen LogP contribution in [0.4, 0.5) is 0 Å². The fraction of sp³-hybridized carbons (Fsp3) is 0.378. The van der Waals surface area contributed by atoms with Crippen molar-refractivity contribution in [2.45, 2.75) is 78.1 Å². The van der Waals surface area contributed by atoms with Crippen molar-refractivity contribution in [3.8, 4) is 5.75 Å². The number of allylic oxidation sites excluding steroid dienone is 2. The van der Waals surface area contributed by atoms with Crippen molar-refractivity contribution in [2.75, 3.05) is 0 Å². The lowest BCUT2D eigenvalue weighted by Crippen LogP contribution is -2.35. The van der Waals surface area contributed by atoms with Gasteiger partial charge in [-0.15, -0.1) is 0 Å². The Morgan fingerprint density at radius 2 is 1.64 bits per heavy atom. The van der Waals surface area contributed by atoms with Crippen LogP contribution in [0.1, 0.15) is 103 Å². The standard InChI is InChI=1S/C37H42O2/c1-24(2)13-12-18-31-30(23-34(38)29-16-10-7-11-17-29)22-33-26(4)21-35(36-25(3)19-20-32(31)37(33)36)39-27(5)28-14-8-6-9-15-28/h6-11,13-17,21,25,30-32H,5,12,18-20,22-23H2,1-4H3/t25-,30?,31-,32+/m1/s1. The Bertz CT molecular complexity index is 1360. The lowest BCUT2D eigenvalue weighted by Gasteiger charge is -2.45. The third kappa shape index (κ3) is 5.81. The van der Waals surface area contributed by atoms with Gasteiger partial charge < -0.3 is 4.74 Å². The summed E-state index contributed by atoms with van der Waals surface area (Å²) in [5.41, 5.74) is 8.86. The summed E-state index contributed by atoms with van der Waals surface area (Å²) >= 11 is 0. The molecule has 39 heavy (non-hydrogen) atoms. The first-order valence-electron chi connectivity index (χ1n) is 14.6. The summed E-state index contributed by atoms with van der Waals surface area (Å²) in [4.78, 5) is 13.4. The molecule has 0 fully saturated rings. The van der Waals surface area contributed by atoms with E-state index in [1.807, 2.05) is 48.5 Å². The van der Waals surface area contributed by atoms with Crippen LogP contribution in [0.3, 0.4) is 0 Å². The van der Waals surface area contributed by atoms with Crippen LogP contribution in [-0.2, 0) is 6.42 Å². The predicted molar refractivity (Wildman–Crippen MR) is 162 cm³/mol. The summed E-state index contributed by atoms with van der Waals surface area (Å²) in [7, 11) is 0. The van der Waals surface area contributed by atoms with Crippen LogP contribution >= 0.6 is 0 Å². The number of Topliss-reactive ketones (excluding diaryl/α,β-unsaturated/α-hetero) is 1. The maximum Gasteiger partial charge on any atom is 0.163 e. The SMILES string of the molecule is C=C(Oc1cc(C)c2c3c1[C@H](C)CC[C@H]3[C@H](CCC=C(C)C)C(CC(=O)c1ccccc1)C2)c1ccccc1. The van der Waals surface area contributed by atoms with Gasteiger partial charge in [0, 0.05) is 23.1 Å². The van der Waals surface area contributed by atoms with Crippen molar-refractivity contribution in [3.63, 3.8) is 0 Å². The van der Waals surface area contributed by atoms with E-state index in [2.05, 4.69) is 58.5 Å². The molecule has 2 nitrogen and oxygen atoms in total. The number of carbonyl (C=O) groups is 1. The van der Waals surface area contributed by atoms with Crippen LogP contribution < -0.4 is 4.74 Å². The topological polar surface area (TPSA) is 26.3 Å². The zero-order valence-corrected chi connectivity index (χ0v) is 24.0. The Kier molecular flexibility index (Phi) is 8.21. The minimum Gasteiger partial charge on any atom is -0.457 e. The molecule has 3 aromatic rings. The van der Waals surface area contributed by atoms with Crippen LogP contribution in [0.15, 0.2) is 85.0 Å². The number of ether oxygens (including phenoxy) is 1. The van der Waals surface area contributed by atoms with Gasteiger partial charge in [-0.1, -0.05) is 85.8 Å². The van der Waals surface area contributed by atoms with Gasteiger partial charge in [0.05, 0.1) is 0 Å². The van der Waals surface area contributed by atoms with Crippen LogP contribution in [-0.4, -0.2) is 5.78 Å². The van der Waals surface area contributed by atoms with Gasteiger partial charge in [-0.05, 0) is 99.3 Å². The monoisotopic (exact) mass is 518 g/mol. The predicted octanol–water partition coefficient (Wildman–Crippen LogP) is 9.83. The molecule has 2 heteroatoms. The highest BCUT2D eigenvalue weighted by atomic mass is 16.5. The smallest absolute Gasteiger partial charge is 0.163 e. The van der Waals surface area contributed by atoms with Crippen molar-refractivity contribution in [1.82, 2.24) is 0 Å². The first kappa shape index (κ1) is 27.2. The van der Waals surface area contributed by atoms with Crippen LogP contribution in [0, 0.1) is 18.8 Å². The van der Waals surface area contributed by atoms with Gasteiger partial charge in [0.1, 0.15) is 11.5 Å². The maximum atomic E-state index is 13.4. The molecule has 3 aromatic carbocycles. The lowest BCUT2D eigenvalue weighted by atomic mass is 9.59. The van der Waals surface area contributed by atoms with Crippen molar-refractivity contribution < 1.29 is 9.53 Å². The maximum absolute atomic E-state index is 13.4. The highest BCUT2D eigenvalue weighted by molar-refractivity contribution is 5.96. The van der Waals surface area contributed by atoms with Crippen molar-refractivity contribution in [3.05, 3.63) is 118 Å². The summed E-state index contributed by atoms with van der Waals surface area (Å²) in [6, 6.07) is 22.3. The molecule has 0 heterocycles. The van der Waals surface area contributed by atoms with Crippen LogP contribution in [0.5, 0.6) is 5.75 Å². The minimum atomic E-state index is 0.275. The highest BCUT2D eigenvalue weighted by Crippen LogP contribution is 2.55. The van der Waals surface area contributed by atoms with E-state index in [0.29, 0.717) is 35.9 Å². The molecule has 2 aliphatic carbocycles. The van der Waals surface area contributed by atoms with Gasteiger partial charge in [0.2, 0.25) is 0 Å². The molecule has 0 N–H and O–H groups in total. The normalized spacial score (nSPS) is 21.5. The molecule has 0 bridgehead atoms. The molecular weight excluding hydrogens is 476 g/mol. The molecule has 1 unspecified atom stereocenters. The van der Waals surface area contributed by atoms with Gasteiger partial charge in [-0.2, -0.15) is 0 Å². The molecule has 0 aromatic heterocycles. The van der Waals surface area contributed by atoms with E-state index in [-0.39, 0.29) is 5.78 Å². The molecule has 0 amide bonds. The fourth-order valence-electron chi connectivity index (χ4n) is 7.07. The summed E-state index contributed by atoms with van der Waals surface area (Å²) in [6.07, 6.45) is 8.47. The molecule has 0 saturated heterocycles. The molecule has 4 atom stereocenters. The zero-order chi connectivity index (χ0) is 27.5. The number of aryl methyl sites for hydroxylation is 1. The molecule has 0 aliphatic heterocycles. The quantitative estimate of drug-likeness (QED) is 0.160. The van der Waals surface area contributed by atoms with E-state index < -0.39 is 0 Å². The van der Waals surface area contributed by atoms with Gasteiger partial charge in [-0.3, -0.25) is 4.79 Å². The third-order valence-corrected chi connectivity index (χ3v) is 8.99. The lowest BCUT2D eigenvalue weighted by molar-refractivity contribution is 0.0920. The Labute approximate surface area is 234 Å². The Balaban J connectivity index is 1.53. The molecule has 5 rings (SSSR count). The van der Waals surface area contributed by atoms with Crippen LogP contribution in [0.25, 0.3) is 5.76 Å². The minimum absolute atomic E-state index is 0.275. The number of benzene rings is 3. The average Bonchev–Trinajstić information content (AvgIpc) is 2.93. The first-order valence-corrected chi connectivity index (χ1v) is 14.6. The molecule has 0 radical (unpaired) electrons. The van der Waals surface area contributed by atoms with Crippen molar-refractivity contribution in [2.24, 2.45) is 11.8 Å². The fourth-order valence-corrected chi connectivity index (χ4v) is 7.07. The summed E-state index contributed by atoms with van der Waals surface area (Å²) in [6.45, 7) is 13.2. The summed E-state index contributed by atoms with van der Waals surface area (Å²) < 4.78 is 6.56. The molecule has 2 aliphatic rings.